The van der Waals surface area contributed by atoms with Gasteiger partial charge in [-0.2, -0.15) is 30.7 Å². The van der Waals surface area contributed by atoms with E-state index in [-0.39, 0.29) is 17.1 Å². The second-order valence-electron chi connectivity index (χ2n) is 7.53. The molecule has 0 unspecified atom stereocenters. The molecule has 0 aliphatic heterocycles. The van der Waals surface area contributed by atoms with Crippen molar-refractivity contribution >= 4 is 13.1 Å². The molecule has 3 aromatic carbocycles. The van der Waals surface area contributed by atoms with Gasteiger partial charge in [-0.25, -0.2) is 4.57 Å². The summed E-state index contributed by atoms with van der Waals surface area (Å²) in [5.74, 6) is -13.1. The summed E-state index contributed by atoms with van der Waals surface area (Å²) in [5.41, 5.74) is -5.11. The normalized spacial score (nSPS) is 12.8. The van der Waals surface area contributed by atoms with Crippen molar-refractivity contribution in [2.24, 2.45) is 0 Å². The molecule has 5 nitrogen and oxygen atoms in total. The van der Waals surface area contributed by atoms with Gasteiger partial charge in [0.05, 0.1) is 0 Å². The highest BCUT2D eigenvalue weighted by Gasteiger charge is 2.76. The molecule has 194 valence electrons. The van der Waals surface area contributed by atoms with Crippen LogP contribution < -0.4 is 14.5 Å². The molecule has 0 fully saturated rings. The van der Waals surface area contributed by atoms with E-state index in [1.807, 2.05) is 0 Å². The summed E-state index contributed by atoms with van der Waals surface area (Å²) < 4.78 is 128. The zero-order valence-electron chi connectivity index (χ0n) is 18.3. The Morgan fingerprint density at radius 1 is 0.676 bits per heavy atom. The molecular formula is C24H15F7NO4P. The maximum Gasteiger partial charge on any atom is 0.501 e. The van der Waals surface area contributed by atoms with Crippen LogP contribution in [0.4, 0.5) is 30.7 Å². The van der Waals surface area contributed by atoms with Gasteiger partial charge >= 0.3 is 25.6 Å². The molecule has 0 spiro atoms. The van der Waals surface area contributed by atoms with E-state index in [4.69, 9.17) is 13.6 Å². The third-order valence-electron chi connectivity index (χ3n) is 4.97. The first-order valence-corrected chi connectivity index (χ1v) is 11.9. The fourth-order valence-electron chi connectivity index (χ4n) is 3.22. The molecule has 0 aliphatic rings. The quantitative estimate of drug-likeness (QED) is 0.169. The molecule has 0 radical (unpaired) electrons. The molecule has 0 saturated carbocycles. The van der Waals surface area contributed by atoms with Crippen molar-refractivity contribution in [1.82, 2.24) is 5.16 Å². The van der Waals surface area contributed by atoms with E-state index in [2.05, 4.69) is 5.16 Å². The van der Waals surface area contributed by atoms with Gasteiger partial charge in [0.25, 0.3) is 5.50 Å². The first-order valence-electron chi connectivity index (χ1n) is 10.3. The van der Waals surface area contributed by atoms with Crippen molar-refractivity contribution in [3.8, 4) is 22.8 Å². The monoisotopic (exact) mass is 545 g/mol. The van der Waals surface area contributed by atoms with Crippen LogP contribution in [0.25, 0.3) is 11.3 Å². The standard InChI is InChI=1S/C24H15F7NO4P/c25-22(26,23(27,28)24(29,30)31)19-20(16-10-4-1-5-11-16)32-34-21(19)37(33,35-17-12-6-2-7-13-17)36-18-14-8-3-9-15-18/h1-15H. The zero-order chi connectivity index (χ0) is 26.9. The van der Waals surface area contributed by atoms with E-state index in [1.165, 1.54) is 78.9 Å². The minimum atomic E-state index is -6.69. The summed E-state index contributed by atoms with van der Waals surface area (Å²) in [7, 11) is -5.28. The number of hydrogen-bond donors (Lipinski definition) is 0. The number of alkyl halides is 7. The molecule has 0 bridgehead atoms. The molecule has 0 N–H and O–H groups in total. The first kappa shape index (κ1) is 26.3. The fraction of sp³-hybridized carbons (Fsp3) is 0.125. The predicted octanol–water partition coefficient (Wildman–Crippen LogP) is 7.61. The van der Waals surface area contributed by atoms with Gasteiger partial charge in [-0.1, -0.05) is 71.9 Å². The largest absolute Gasteiger partial charge is 0.501 e. The van der Waals surface area contributed by atoms with Gasteiger partial charge in [0.2, 0.25) is 0 Å². The van der Waals surface area contributed by atoms with Crippen molar-refractivity contribution in [2.45, 2.75) is 18.0 Å². The number of para-hydroxylation sites is 2. The van der Waals surface area contributed by atoms with Crippen LogP contribution in [0.15, 0.2) is 95.5 Å². The van der Waals surface area contributed by atoms with Crippen molar-refractivity contribution < 1.29 is 48.9 Å². The molecule has 0 aliphatic carbocycles. The summed E-state index contributed by atoms with van der Waals surface area (Å²) in [6.07, 6.45) is -6.69. The number of aromatic nitrogens is 1. The number of hydrogen-bond acceptors (Lipinski definition) is 5. The topological polar surface area (TPSA) is 61.6 Å². The number of benzene rings is 3. The Labute approximate surface area is 205 Å². The fourth-order valence-corrected chi connectivity index (χ4v) is 4.88. The lowest BCUT2D eigenvalue weighted by molar-refractivity contribution is -0.359. The Morgan fingerprint density at radius 2 is 1.11 bits per heavy atom. The lowest BCUT2D eigenvalue weighted by Gasteiger charge is -2.29. The maximum atomic E-state index is 15.3. The van der Waals surface area contributed by atoms with Gasteiger partial charge in [0.1, 0.15) is 22.8 Å². The third-order valence-corrected chi connectivity index (χ3v) is 6.68. The average Bonchev–Trinajstić information content (AvgIpc) is 3.32. The van der Waals surface area contributed by atoms with Crippen LogP contribution in [0.2, 0.25) is 0 Å². The highest BCUT2D eigenvalue weighted by molar-refractivity contribution is 7.62. The lowest BCUT2D eigenvalue weighted by Crippen LogP contribution is -2.51. The van der Waals surface area contributed by atoms with Gasteiger partial charge in [-0.15, -0.1) is 0 Å². The number of halogens is 7. The maximum absolute atomic E-state index is 15.3. The Kier molecular flexibility index (Phi) is 6.81. The lowest BCUT2D eigenvalue weighted by atomic mass is 9.98. The molecule has 0 amide bonds. The van der Waals surface area contributed by atoms with Gasteiger partial charge in [-0.3, -0.25) is 0 Å². The Balaban J connectivity index is 1.99. The van der Waals surface area contributed by atoms with Crippen LogP contribution in [0.1, 0.15) is 5.56 Å². The predicted molar refractivity (Wildman–Crippen MR) is 118 cm³/mol. The van der Waals surface area contributed by atoms with Crippen LogP contribution in [0.5, 0.6) is 11.5 Å². The van der Waals surface area contributed by atoms with Crippen LogP contribution in [0, 0.1) is 0 Å². The first-order chi connectivity index (χ1) is 17.4. The molecule has 1 aromatic heterocycles. The molecule has 13 heteroatoms. The molecule has 37 heavy (non-hydrogen) atoms. The second-order valence-corrected chi connectivity index (χ2v) is 9.30. The highest BCUT2D eigenvalue weighted by atomic mass is 31.2. The summed E-state index contributed by atoms with van der Waals surface area (Å²) >= 11 is 0. The molecule has 4 aromatic rings. The number of nitrogens with zero attached hydrogens (tertiary/aromatic N) is 1. The summed E-state index contributed by atoms with van der Waals surface area (Å²) in [5, 5.41) is 3.31. The van der Waals surface area contributed by atoms with Gasteiger partial charge in [0, 0.05) is 5.56 Å². The molecule has 4 rings (SSSR count). The summed E-state index contributed by atoms with van der Waals surface area (Å²) in [6, 6.07) is 19.9. The summed E-state index contributed by atoms with van der Waals surface area (Å²) in [4.78, 5) is 0. The Bertz CT molecular complexity index is 1350. The van der Waals surface area contributed by atoms with E-state index >= 15 is 8.78 Å². The van der Waals surface area contributed by atoms with Gasteiger partial charge in [-0.05, 0) is 24.3 Å². The van der Waals surface area contributed by atoms with Crippen molar-refractivity contribution in [3.63, 3.8) is 0 Å². The average molecular weight is 545 g/mol. The van der Waals surface area contributed by atoms with Crippen LogP contribution in [0.3, 0.4) is 0 Å². The second kappa shape index (κ2) is 9.59. The van der Waals surface area contributed by atoms with Gasteiger partial charge in [0.15, 0.2) is 0 Å². The molecular weight excluding hydrogens is 530 g/mol. The van der Waals surface area contributed by atoms with Crippen LogP contribution >= 0.6 is 7.60 Å². The minimum Gasteiger partial charge on any atom is -0.411 e. The SMILES string of the molecule is O=P(Oc1ccccc1)(Oc1ccccc1)c1onc(-c2ccccc2)c1C(F)(F)C(F)(F)C(F)(F)F. The molecule has 0 atom stereocenters. The minimum absolute atomic E-state index is 0.240. The van der Waals surface area contributed by atoms with E-state index in [1.54, 1.807) is 0 Å². The van der Waals surface area contributed by atoms with Crippen molar-refractivity contribution in [2.75, 3.05) is 0 Å². The highest BCUT2D eigenvalue weighted by Crippen LogP contribution is 2.57. The Morgan fingerprint density at radius 3 is 1.54 bits per heavy atom. The van der Waals surface area contributed by atoms with Crippen molar-refractivity contribution in [1.29, 1.82) is 0 Å². The van der Waals surface area contributed by atoms with Crippen LogP contribution in [-0.4, -0.2) is 17.3 Å². The number of rotatable bonds is 8. The summed E-state index contributed by atoms with van der Waals surface area (Å²) in [6.45, 7) is 0. The third kappa shape index (κ3) is 4.93. The van der Waals surface area contributed by atoms with E-state index in [0.717, 1.165) is 12.1 Å². The van der Waals surface area contributed by atoms with Crippen molar-refractivity contribution in [3.05, 3.63) is 96.6 Å². The van der Waals surface area contributed by atoms with E-state index < -0.39 is 42.4 Å². The molecule has 1 heterocycles. The van der Waals surface area contributed by atoms with Crippen LogP contribution in [-0.2, 0) is 10.5 Å². The Hall–Kier alpha value is -3.79. The smallest absolute Gasteiger partial charge is 0.411 e. The zero-order valence-corrected chi connectivity index (χ0v) is 19.2. The van der Waals surface area contributed by atoms with Gasteiger partial charge < -0.3 is 13.6 Å². The van der Waals surface area contributed by atoms with E-state index in [0.29, 0.717) is 0 Å². The van der Waals surface area contributed by atoms with E-state index in [9.17, 15) is 26.5 Å². The molecule has 0 saturated heterocycles.